The normalized spacial score (nSPS) is 20.6. The topological polar surface area (TPSA) is 105 Å². The van der Waals surface area contributed by atoms with Crippen molar-refractivity contribution in [3.8, 4) is 5.75 Å². The molecule has 2 aromatic carbocycles. The molecular formula is C26H29N3O6. The minimum Gasteiger partial charge on any atom is -0.494 e. The van der Waals surface area contributed by atoms with Crippen LogP contribution >= 0.6 is 0 Å². The van der Waals surface area contributed by atoms with Gasteiger partial charge in [0, 0.05) is 19.0 Å². The lowest BCUT2D eigenvalue weighted by Gasteiger charge is -2.43. The molecule has 3 atom stereocenters. The Morgan fingerprint density at radius 2 is 1.77 bits per heavy atom. The Morgan fingerprint density at radius 1 is 1.06 bits per heavy atom. The van der Waals surface area contributed by atoms with Crippen molar-refractivity contribution < 1.29 is 28.7 Å². The second-order valence-corrected chi connectivity index (χ2v) is 8.63. The van der Waals surface area contributed by atoms with E-state index in [9.17, 15) is 19.2 Å². The van der Waals surface area contributed by atoms with E-state index in [1.165, 1.54) is 16.7 Å². The maximum absolute atomic E-state index is 12.9. The summed E-state index contributed by atoms with van der Waals surface area (Å²) in [6.45, 7) is 4.20. The lowest BCUT2D eigenvalue weighted by Crippen LogP contribution is -2.71. The quantitative estimate of drug-likeness (QED) is 0.336. The number of rotatable bonds is 9. The maximum atomic E-state index is 12.9. The Labute approximate surface area is 204 Å². The molecule has 2 saturated heterocycles. The van der Waals surface area contributed by atoms with Crippen LogP contribution in [0.25, 0.3) is 0 Å². The number of amides is 3. The van der Waals surface area contributed by atoms with Gasteiger partial charge in [0.2, 0.25) is 18.0 Å². The third-order valence-corrected chi connectivity index (χ3v) is 6.21. The van der Waals surface area contributed by atoms with Crippen molar-refractivity contribution in [1.82, 2.24) is 15.1 Å². The Kier molecular flexibility index (Phi) is 7.33. The molecule has 0 radical (unpaired) electrons. The van der Waals surface area contributed by atoms with Crippen molar-refractivity contribution in [3.05, 3.63) is 65.7 Å². The van der Waals surface area contributed by atoms with Crippen molar-refractivity contribution in [1.29, 1.82) is 0 Å². The molecule has 1 N–H and O–H groups in total. The summed E-state index contributed by atoms with van der Waals surface area (Å²) in [4.78, 5) is 53.4. The van der Waals surface area contributed by atoms with Crippen molar-refractivity contribution >= 4 is 23.7 Å². The summed E-state index contributed by atoms with van der Waals surface area (Å²) < 4.78 is 11.0. The highest BCUT2D eigenvalue weighted by molar-refractivity contribution is 6.02. The average Bonchev–Trinajstić information content (AvgIpc) is 3.23. The molecule has 0 bridgehead atoms. The van der Waals surface area contributed by atoms with Gasteiger partial charge in [0.05, 0.1) is 12.6 Å². The summed E-state index contributed by atoms with van der Waals surface area (Å²) >= 11 is 0. The molecule has 4 rings (SSSR count). The molecule has 0 spiro atoms. The van der Waals surface area contributed by atoms with E-state index < -0.39 is 36.0 Å². The second kappa shape index (κ2) is 10.6. The van der Waals surface area contributed by atoms with Gasteiger partial charge in [-0.2, -0.15) is 0 Å². The lowest BCUT2D eigenvalue weighted by atomic mass is 9.96. The average molecular weight is 480 g/mol. The van der Waals surface area contributed by atoms with Gasteiger partial charge in [-0.1, -0.05) is 43.7 Å². The number of carbonyl (C=O) groups is 4. The zero-order valence-corrected chi connectivity index (χ0v) is 19.8. The van der Waals surface area contributed by atoms with E-state index in [4.69, 9.17) is 9.47 Å². The Balaban J connectivity index is 1.38. The number of carbonyl (C=O) groups excluding carboxylic acids is 4. The molecular weight excluding hydrogens is 450 g/mol. The first-order valence-corrected chi connectivity index (χ1v) is 11.7. The minimum absolute atomic E-state index is 0.0347. The third-order valence-electron chi connectivity index (χ3n) is 6.21. The van der Waals surface area contributed by atoms with Gasteiger partial charge in [0.1, 0.15) is 18.4 Å². The van der Waals surface area contributed by atoms with Crippen molar-refractivity contribution in [3.63, 3.8) is 0 Å². The summed E-state index contributed by atoms with van der Waals surface area (Å²) in [5.41, 5.74) is 1.19. The highest BCUT2D eigenvalue weighted by atomic mass is 16.5. The van der Waals surface area contributed by atoms with Gasteiger partial charge >= 0.3 is 5.97 Å². The van der Waals surface area contributed by atoms with Crippen LogP contribution in [0.2, 0.25) is 0 Å². The SMILES string of the molecule is CCCCOc1ccc(C(=O)NC2C(=O)N3C2CN(C(C)=O)C3C(=O)OCc2ccccc2)cc1. The van der Waals surface area contributed by atoms with Gasteiger partial charge in [-0.15, -0.1) is 0 Å². The molecule has 9 nitrogen and oxygen atoms in total. The lowest BCUT2D eigenvalue weighted by molar-refractivity contribution is -0.169. The number of fused-ring (bicyclic) bond motifs is 1. The Morgan fingerprint density at radius 3 is 2.43 bits per heavy atom. The van der Waals surface area contributed by atoms with E-state index in [1.54, 1.807) is 24.3 Å². The van der Waals surface area contributed by atoms with Gasteiger partial charge in [0.25, 0.3) is 5.91 Å². The molecule has 0 aromatic heterocycles. The molecule has 2 fully saturated rings. The molecule has 2 aliphatic heterocycles. The number of nitrogens with zero attached hydrogens (tertiary/aromatic N) is 2. The molecule has 2 aliphatic rings. The number of hydrogen-bond acceptors (Lipinski definition) is 6. The predicted molar refractivity (Wildman–Crippen MR) is 126 cm³/mol. The second-order valence-electron chi connectivity index (χ2n) is 8.63. The third kappa shape index (κ3) is 5.13. The first-order valence-electron chi connectivity index (χ1n) is 11.7. The molecule has 9 heteroatoms. The molecule has 2 aromatic rings. The fourth-order valence-electron chi connectivity index (χ4n) is 4.28. The Bertz CT molecular complexity index is 1090. The summed E-state index contributed by atoms with van der Waals surface area (Å²) in [5.74, 6) is -1.19. The number of hydrogen-bond donors (Lipinski definition) is 1. The minimum atomic E-state index is -1.14. The first kappa shape index (κ1) is 24.3. The number of benzene rings is 2. The van der Waals surface area contributed by atoms with Gasteiger partial charge in [-0.25, -0.2) is 4.79 Å². The van der Waals surface area contributed by atoms with Crippen LogP contribution in [0.1, 0.15) is 42.6 Å². The monoisotopic (exact) mass is 479 g/mol. The van der Waals surface area contributed by atoms with Gasteiger partial charge < -0.3 is 24.6 Å². The number of unbranched alkanes of at least 4 members (excludes halogenated alkanes) is 1. The maximum Gasteiger partial charge on any atom is 0.350 e. The molecule has 184 valence electrons. The van der Waals surface area contributed by atoms with Gasteiger partial charge in [-0.05, 0) is 36.2 Å². The highest BCUT2D eigenvalue weighted by Crippen LogP contribution is 2.33. The number of ether oxygens (including phenoxy) is 2. The predicted octanol–water partition coefficient (Wildman–Crippen LogP) is 2.11. The fraction of sp³-hybridized carbons (Fsp3) is 0.385. The molecule has 3 amide bonds. The number of nitrogens with one attached hydrogen (secondary N) is 1. The fourth-order valence-corrected chi connectivity index (χ4v) is 4.28. The van der Waals surface area contributed by atoms with Crippen LogP contribution in [0.3, 0.4) is 0 Å². The van der Waals surface area contributed by atoms with E-state index in [1.807, 2.05) is 30.3 Å². The van der Waals surface area contributed by atoms with Crippen LogP contribution in [-0.4, -0.2) is 64.9 Å². The van der Waals surface area contributed by atoms with Crippen LogP contribution in [0, 0.1) is 0 Å². The first-order chi connectivity index (χ1) is 16.9. The van der Waals surface area contributed by atoms with Crippen molar-refractivity contribution in [2.75, 3.05) is 13.2 Å². The van der Waals surface area contributed by atoms with Crippen LogP contribution in [0.5, 0.6) is 5.75 Å². The number of esters is 1. The van der Waals surface area contributed by atoms with E-state index in [0.29, 0.717) is 17.9 Å². The zero-order chi connectivity index (χ0) is 24.9. The van der Waals surface area contributed by atoms with Gasteiger partial charge in [-0.3, -0.25) is 14.4 Å². The molecule has 0 saturated carbocycles. The van der Waals surface area contributed by atoms with Crippen LogP contribution in [0.4, 0.5) is 0 Å². The van der Waals surface area contributed by atoms with Gasteiger partial charge in [0.15, 0.2) is 0 Å². The summed E-state index contributed by atoms with van der Waals surface area (Å²) in [6, 6.07) is 14.5. The van der Waals surface area contributed by atoms with E-state index in [-0.39, 0.29) is 19.1 Å². The smallest absolute Gasteiger partial charge is 0.350 e. The van der Waals surface area contributed by atoms with E-state index >= 15 is 0 Å². The van der Waals surface area contributed by atoms with E-state index in [2.05, 4.69) is 12.2 Å². The van der Waals surface area contributed by atoms with E-state index in [0.717, 1.165) is 18.4 Å². The molecule has 3 unspecified atom stereocenters. The highest BCUT2D eigenvalue weighted by Gasteiger charge is 2.60. The summed E-state index contributed by atoms with van der Waals surface area (Å²) in [7, 11) is 0. The van der Waals surface area contributed by atoms with Crippen molar-refractivity contribution in [2.24, 2.45) is 0 Å². The Hall–Kier alpha value is -3.88. The largest absolute Gasteiger partial charge is 0.494 e. The van der Waals surface area contributed by atoms with Crippen LogP contribution in [0.15, 0.2) is 54.6 Å². The van der Waals surface area contributed by atoms with Crippen molar-refractivity contribution in [2.45, 2.75) is 51.5 Å². The standard InChI is InChI=1S/C26H29N3O6/c1-3-4-14-34-20-12-10-19(11-13-20)23(31)27-22-21-15-28(17(2)30)24(29(21)25(22)32)26(33)35-16-18-8-6-5-7-9-18/h5-13,21-22,24H,3-4,14-16H2,1-2H3,(H,27,31). The zero-order valence-electron chi connectivity index (χ0n) is 19.8. The molecule has 2 heterocycles. The number of β-lactam (4-membered cyclic amide) rings is 1. The molecule has 35 heavy (non-hydrogen) atoms. The summed E-state index contributed by atoms with van der Waals surface area (Å²) in [6.07, 6.45) is 0.837. The molecule has 0 aliphatic carbocycles. The van der Waals surface area contributed by atoms with Crippen LogP contribution < -0.4 is 10.1 Å². The summed E-state index contributed by atoms with van der Waals surface area (Å²) in [5, 5.41) is 2.74. The van der Waals surface area contributed by atoms with Crippen LogP contribution in [-0.2, 0) is 25.7 Å².